The van der Waals surface area contributed by atoms with Gasteiger partial charge in [0.25, 0.3) is 0 Å². The van der Waals surface area contributed by atoms with E-state index in [2.05, 4.69) is 46.3 Å². The number of aromatic nitrogens is 1. The van der Waals surface area contributed by atoms with Crippen molar-refractivity contribution in [2.45, 2.75) is 25.3 Å². The Hall–Kier alpha value is -1.77. The summed E-state index contributed by atoms with van der Waals surface area (Å²) in [4.78, 5) is 5.82. The summed E-state index contributed by atoms with van der Waals surface area (Å²) in [6.07, 6.45) is 4.47. The van der Waals surface area contributed by atoms with Crippen molar-refractivity contribution in [2.24, 2.45) is 0 Å². The summed E-state index contributed by atoms with van der Waals surface area (Å²) in [5, 5.41) is 2.13. The van der Waals surface area contributed by atoms with E-state index in [1.807, 2.05) is 18.3 Å². The SMILES string of the molecule is Clc1ccc(C2CCN(Cc3ccc4[nH]ccc4c3)CC2)cc1. The van der Waals surface area contributed by atoms with Crippen LogP contribution in [-0.2, 0) is 6.54 Å². The first kappa shape index (κ1) is 14.8. The van der Waals surface area contributed by atoms with Gasteiger partial charge in [-0.1, -0.05) is 29.8 Å². The van der Waals surface area contributed by atoms with Crippen molar-refractivity contribution in [1.29, 1.82) is 0 Å². The van der Waals surface area contributed by atoms with Crippen LogP contribution in [0.2, 0.25) is 5.02 Å². The molecule has 2 nitrogen and oxygen atoms in total. The van der Waals surface area contributed by atoms with Crippen LogP contribution in [0.15, 0.2) is 54.7 Å². The standard InChI is InChI=1S/C20H21ClN2/c21-19-4-2-16(3-5-19)17-8-11-23(12-9-17)14-15-1-6-20-18(13-15)7-10-22-20/h1-7,10,13,17,22H,8-9,11-12,14H2. The number of hydrogen-bond donors (Lipinski definition) is 1. The predicted octanol–water partition coefficient (Wildman–Crippen LogP) is 5.20. The number of benzene rings is 2. The van der Waals surface area contributed by atoms with Crippen LogP contribution in [0.25, 0.3) is 10.9 Å². The summed E-state index contributed by atoms with van der Waals surface area (Å²) >= 11 is 5.99. The van der Waals surface area contributed by atoms with Gasteiger partial charge < -0.3 is 4.98 Å². The minimum absolute atomic E-state index is 0.677. The summed E-state index contributed by atoms with van der Waals surface area (Å²) in [5.74, 6) is 0.677. The third kappa shape index (κ3) is 3.29. The van der Waals surface area contributed by atoms with Crippen LogP contribution in [0.1, 0.15) is 29.9 Å². The average molecular weight is 325 g/mol. The molecule has 3 aromatic rings. The third-order valence-corrected chi connectivity index (χ3v) is 5.20. The average Bonchev–Trinajstić information content (AvgIpc) is 3.04. The van der Waals surface area contributed by atoms with Crippen LogP contribution in [0, 0.1) is 0 Å². The second kappa shape index (κ2) is 6.38. The lowest BCUT2D eigenvalue weighted by atomic mass is 9.89. The molecule has 0 aliphatic carbocycles. The highest BCUT2D eigenvalue weighted by molar-refractivity contribution is 6.30. The predicted molar refractivity (Wildman–Crippen MR) is 97.0 cm³/mol. The maximum Gasteiger partial charge on any atom is 0.0454 e. The molecule has 0 saturated carbocycles. The fourth-order valence-corrected chi connectivity index (χ4v) is 3.74. The molecule has 0 radical (unpaired) electrons. The molecule has 2 heterocycles. The Morgan fingerprint density at radius 2 is 1.78 bits per heavy atom. The fraction of sp³-hybridized carbons (Fsp3) is 0.300. The van der Waals surface area contributed by atoms with Gasteiger partial charge in [-0.15, -0.1) is 0 Å². The molecule has 2 aromatic carbocycles. The number of piperidine rings is 1. The molecule has 1 aromatic heterocycles. The quantitative estimate of drug-likeness (QED) is 0.701. The smallest absolute Gasteiger partial charge is 0.0454 e. The molecule has 118 valence electrons. The Bertz CT molecular complexity index is 783. The van der Waals surface area contributed by atoms with Crippen molar-refractivity contribution in [2.75, 3.05) is 13.1 Å². The van der Waals surface area contributed by atoms with E-state index in [4.69, 9.17) is 11.6 Å². The van der Waals surface area contributed by atoms with Crippen LogP contribution >= 0.6 is 11.6 Å². The lowest BCUT2D eigenvalue weighted by Gasteiger charge is -2.32. The van der Waals surface area contributed by atoms with Crippen LogP contribution in [0.4, 0.5) is 0 Å². The molecule has 0 spiro atoms. The summed E-state index contributed by atoms with van der Waals surface area (Å²) < 4.78 is 0. The molecule has 3 heteroatoms. The molecule has 0 bridgehead atoms. The topological polar surface area (TPSA) is 19.0 Å². The number of aromatic amines is 1. The number of hydrogen-bond acceptors (Lipinski definition) is 1. The van der Waals surface area contributed by atoms with E-state index < -0.39 is 0 Å². The van der Waals surface area contributed by atoms with Crippen LogP contribution in [0.3, 0.4) is 0 Å². The summed E-state index contributed by atoms with van der Waals surface area (Å²) in [5.41, 5.74) is 4.06. The van der Waals surface area contributed by atoms with E-state index >= 15 is 0 Å². The summed E-state index contributed by atoms with van der Waals surface area (Å²) in [6.45, 7) is 3.38. The molecule has 1 fully saturated rings. The van der Waals surface area contributed by atoms with Crippen molar-refractivity contribution in [3.8, 4) is 0 Å². The lowest BCUT2D eigenvalue weighted by molar-refractivity contribution is 0.205. The number of halogens is 1. The van der Waals surface area contributed by atoms with Gasteiger partial charge in [-0.2, -0.15) is 0 Å². The number of likely N-dealkylation sites (tertiary alicyclic amines) is 1. The first-order valence-electron chi connectivity index (χ1n) is 8.32. The first-order valence-corrected chi connectivity index (χ1v) is 8.69. The molecular formula is C20H21ClN2. The van der Waals surface area contributed by atoms with Crippen LogP contribution in [-0.4, -0.2) is 23.0 Å². The van der Waals surface area contributed by atoms with Gasteiger partial charge in [0.05, 0.1) is 0 Å². The second-order valence-corrected chi connectivity index (χ2v) is 6.94. The molecule has 4 rings (SSSR count). The monoisotopic (exact) mass is 324 g/mol. The zero-order valence-corrected chi connectivity index (χ0v) is 13.9. The second-order valence-electron chi connectivity index (χ2n) is 6.50. The number of fused-ring (bicyclic) bond motifs is 1. The molecule has 23 heavy (non-hydrogen) atoms. The molecule has 1 N–H and O–H groups in total. The maximum atomic E-state index is 5.99. The zero-order valence-electron chi connectivity index (χ0n) is 13.1. The van der Waals surface area contributed by atoms with Crippen molar-refractivity contribution in [3.05, 3.63) is 70.9 Å². The van der Waals surface area contributed by atoms with Crippen molar-refractivity contribution in [1.82, 2.24) is 9.88 Å². The van der Waals surface area contributed by atoms with Gasteiger partial charge in [-0.25, -0.2) is 0 Å². The Morgan fingerprint density at radius 3 is 2.57 bits per heavy atom. The van der Waals surface area contributed by atoms with E-state index in [0.717, 1.165) is 11.6 Å². The minimum Gasteiger partial charge on any atom is -0.361 e. The maximum absolute atomic E-state index is 5.99. The minimum atomic E-state index is 0.677. The summed E-state index contributed by atoms with van der Waals surface area (Å²) in [7, 11) is 0. The Morgan fingerprint density at radius 1 is 1.00 bits per heavy atom. The highest BCUT2D eigenvalue weighted by Gasteiger charge is 2.20. The van der Waals surface area contributed by atoms with Gasteiger partial charge in [0.15, 0.2) is 0 Å². The van der Waals surface area contributed by atoms with Crippen molar-refractivity contribution < 1.29 is 0 Å². The normalized spacial score (nSPS) is 16.9. The van der Waals surface area contributed by atoms with Gasteiger partial charge >= 0.3 is 0 Å². The first-order chi connectivity index (χ1) is 11.3. The highest BCUT2D eigenvalue weighted by Crippen LogP contribution is 2.29. The molecule has 1 saturated heterocycles. The number of nitrogens with one attached hydrogen (secondary N) is 1. The number of H-pyrrole nitrogens is 1. The number of rotatable bonds is 3. The van der Waals surface area contributed by atoms with Crippen molar-refractivity contribution >= 4 is 22.5 Å². The van der Waals surface area contributed by atoms with Gasteiger partial charge in [0.2, 0.25) is 0 Å². The van der Waals surface area contributed by atoms with E-state index in [-0.39, 0.29) is 0 Å². The van der Waals surface area contributed by atoms with E-state index in [1.54, 1.807) is 0 Å². The van der Waals surface area contributed by atoms with E-state index in [0.29, 0.717) is 5.92 Å². The number of nitrogens with zero attached hydrogens (tertiary/aromatic N) is 1. The molecule has 1 aliphatic rings. The van der Waals surface area contributed by atoms with Gasteiger partial charge in [0.1, 0.15) is 0 Å². The largest absolute Gasteiger partial charge is 0.361 e. The molecular weight excluding hydrogens is 304 g/mol. The Labute approximate surface area is 142 Å². The van der Waals surface area contributed by atoms with Crippen LogP contribution in [0.5, 0.6) is 0 Å². The van der Waals surface area contributed by atoms with Gasteiger partial charge in [-0.05, 0) is 78.7 Å². The third-order valence-electron chi connectivity index (χ3n) is 4.95. The molecule has 0 unspecified atom stereocenters. The Balaban J connectivity index is 1.38. The van der Waals surface area contributed by atoms with Crippen LogP contribution < -0.4 is 0 Å². The van der Waals surface area contributed by atoms with Crippen molar-refractivity contribution in [3.63, 3.8) is 0 Å². The van der Waals surface area contributed by atoms with E-state index in [9.17, 15) is 0 Å². The summed E-state index contributed by atoms with van der Waals surface area (Å²) in [6, 6.07) is 17.3. The zero-order chi connectivity index (χ0) is 15.6. The lowest BCUT2D eigenvalue weighted by Crippen LogP contribution is -2.32. The fourth-order valence-electron chi connectivity index (χ4n) is 3.62. The van der Waals surface area contributed by atoms with Gasteiger partial charge in [0, 0.05) is 23.3 Å². The van der Waals surface area contributed by atoms with Gasteiger partial charge in [-0.3, -0.25) is 4.90 Å². The Kier molecular flexibility index (Phi) is 4.11. The molecule has 1 aliphatic heterocycles. The highest BCUT2D eigenvalue weighted by atomic mass is 35.5. The molecule has 0 amide bonds. The molecule has 0 atom stereocenters. The van der Waals surface area contributed by atoms with E-state index in [1.165, 1.54) is 48.0 Å².